The predicted molar refractivity (Wildman–Crippen MR) is 82.7 cm³/mol. The molecule has 1 saturated heterocycles. The van der Waals surface area contributed by atoms with Gasteiger partial charge in [0.05, 0.1) is 29.2 Å². The smallest absolute Gasteiger partial charge is 0.322 e. The number of rotatable bonds is 4. The first-order chi connectivity index (χ1) is 11.0. The van der Waals surface area contributed by atoms with E-state index in [-0.39, 0.29) is 18.9 Å². The maximum atomic E-state index is 11.9. The molecular formula is C14H14ClN5O3. The van der Waals surface area contributed by atoms with E-state index in [2.05, 4.69) is 21.0 Å². The van der Waals surface area contributed by atoms with Gasteiger partial charge in [-0.1, -0.05) is 17.7 Å². The lowest BCUT2D eigenvalue weighted by Gasteiger charge is -2.07. The Kier molecular flexibility index (Phi) is 3.91. The molecule has 1 aliphatic rings. The highest BCUT2D eigenvalue weighted by Gasteiger charge is 2.31. The number of halogens is 1. The quantitative estimate of drug-likeness (QED) is 0.705. The van der Waals surface area contributed by atoms with E-state index in [1.54, 1.807) is 17.8 Å². The molecule has 0 aliphatic carbocycles. The Hall–Kier alpha value is -2.61. The molecular weight excluding hydrogens is 322 g/mol. The summed E-state index contributed by atoms with van der Waals surface area (Å²) in [5, 5.41) is 12.8. The number of amides is 4. The number of aryl methyl sites for hydroxylation is 1. The van der Waals surface area contributed by atoms with Crippen LogP contribution in [0.3, 0.4) is 0 Å². The number of carbonyl (C=O) groups is 3. The summed E-state index contributed by atoms with van der Waals surface area (Å²) >= 11 is 6.20. The first-order valence-corrected chi connectivity index (χ1v) is 7.31. The maximum absolute atomic E-state index is 11.9. The van der Waals surface area contributed by atoms with Crippen molar-refractivity contribution in [3.8, 4) is 0 Å². The summed E-state index contributed by atoms with van der Waals surface area (Å²) in [4.78, 5) is 34.4. The second kappa shape index (κ2) is 5.88. The number of nitrogens with zero attached hydrogens (tertiary/aromatic N) is 2. The topological polar surface area (TPSA) is 105 Å². The number of benzene rings is 1. The molecule has 1 aliphatic heterocycles. The van der Waals surface area contributed by atoms with Gasteiger partial charge in [0.1, 0.15) is 6.04 Å². The lowest BCUT2D eigenvalue weighted by molar-refractivity contribution is -0.126. The van der Waals surface area contributed by atoms with Crippen LogP contribution in [0.15, 0.2) is 18.2 Å². The molecule has 2 heterocycles. The minimum atomic E-state index is -0.841. The van der Waals surface area contributed by atoms with Gasteiger partial charge in [-0.25, -0.2) is 4.79 Å². The van der Waals surface area contributed by atoms with Crippen molar-refractivity contribution < 1.29 is 14.4 Å². The number of aromatic nitrogens is 2. The molecule has 0 radical (unpaired) electrons. The Bertz CT molecular complexity index is 816. The van der Waals surface area contributed by atoms with Crippen molar-refractivity contribution in [1.29, 1.82) is 0 Å². The molecule has 120 valence electrons. The molecule has 1 aromatic heterocycles. The fourth-order valence-corrected chi connectivity index (χ4v) is 2.80. The number of nitrogens with one attached hydrogen (secondary N) is 3. The van der Waals surface area contributed by atoms with Crippen LogP contribution < -0.4 is 16.0 Å². The van der Waals surface area contributed by atoms with Crippen LogP contribution in [0.4, 0.5) is 4.79 Å². The highest BCUT2D eigenvalue weighted by molar-refractivity contribution is 6.35. The lowest BCUT2D eigenvalue weighted by atomic mass is 10.2. The molecule has 0 unspecified atom stereocenters. The third-order valence-electron chi connectivity index (χ3n) is 3.60. The van der Waals surface area contributed by atoms with Crippen molar-refractivity contribution in [3.05, 3.63) is 28.9 Å². The monoisotopic (exact) mass is 335 g/mol. The Morgan fingerprint density at radius 3 is 2.91 bits per heavy atom. The summed E-state index contributed by atoms with van der Waals surface area (Å²) in [5.74, 6) is -0.866. The van der Waals surface area contributed by atoms with Gasteiger partial charge in [-0.2, -0.15) is 5.10 Å². The third-order valence-corrected chi connectivity index (χ3v) is 3.92. The van der Waals surface area contributed by atoms with Gasteiger partial charge in [0, 0.05) is 12.4 Å². The van der Waals surface area contributed by atoms with Crippen molar-refractivity contribution in [2.45, 2.75) is 19.0 Å². The van der Waals surface area contributed by atoms with Crippen LogP contribution in [0, 0.1) is 0 Å². The highest BCUT2D eigenvalue weighted by Crippen LogP contribution is 2.26. The van der Waals surface area contributed by atoms with Crippen molar-refractivity contribution in [1.82, 2.24) is 25.7 Å². The average molecular weight is 336 g/mol. The van der Waals surface area contributed by atoms with E-state index in [1.807, 2.05) is 12.1 Å². The largest absolute Gasteiger partial charge is 0.350 e. The van der Waals surface area contributed by atoms with Gasteiger partial charge in [-0.05, 0) is 12.1 Å². The zero-order chi connectivity index (χ0) is 16.6. The number of urea groups is 1. The molecule has 1 fully saturated rings. The first-order valence-electron chi connectivity index (χ1n) is 6.94. The van der Waals surface area contributed by atoms with Crippen molar-refractivity contribution in [2.75, 3.05) is 0 Å². The van der Waals surface area contributed by atoms with Crippen molar-refractivity contribution in [3.63, 3.8) is 0 Å². The summed E-state index contributed by atoms with van der Waals surface area (Å²) < 4.78 is 1.69. The van der Waals surface area contributed by atoms with E-state index in [9.17, 15) is 14.4 Å². The van der Waals surface area contributed by atoms with Gasteiger partial charge in [0.2, 0.25) is 5.91 Å². The minimum Gasteiger partial charge on any atom is -0.350 e. The highest BCUT2D eigenvalue weighted by atomic mass is 35.5. The minimum absolute atomic E-state index is 0.129. The van der Waals surface area contributed by atoms with E-state index in [4.69, 9.17) is 11.6 Å². The van der Waals surface area contributed by atoms with Gasteiger partial charge < -0.3 is 10.6 Å². The molecule has 4 amide bonds. The SMILES string of the molecule is Cn1nc(CNC(=O)C[C@H]2NC(=O)NC2=O)c2c(Cl)cccc21. The molecule has 0 bridgehead atoms. The normalized spacial score (nSPS) is 17.2. The van der Waals surface area contributed by atoms with Gasteiger partial charge in [0.15, 0.2) is 0 Å². The number of hydrogen-bond donors (Lipinski definition) is 3. The maximum Gasteiger partial charge on any atom is 0.322 e. The second-order valence-corrected chi connectivity index (χ2v) is 5.61. The van der Waals surface area contributed by atoms with E-state index < -0.39 is 18.0 Å². The van der Waals surface area contributed by atoms with Crippen LogP contribution in [0.1, 0.15) is 12.1 Å². The number of carbonyl (C=O) groups excluding carboxylic acids is 3. The summed E-state index contributed by atoms with van der Waals surface area (Å²) in [6, 6.07) is 4.05. The Morgan fingerprint density at radius 2 is 2.22 bits per heavy atom. The van der Waals surface area contributed by atoms with Crippen LogP contribution in [0.2, 0.25) is 5.02 Å². The van der Waals surface area contributed by atoms with Crippen LogP contribution in [0.25, 0.3) is 10.9 Å². The fourth-order valence-electron chi connectivity index (χ4n) is 2.52. The van der Waals surface area contributed by atoms with Crippen LogP contribution in [0.5, 0.6) is 0 Å². The predicted octanol–water partition coefficient (Wildman–Crippen LogP) is 0.441. The molecule has 1 atom stereocenters. The van der Waals surface area contributed by atoms with Crippen molar-refractivity contribution >= 4 is 40.3 Å². The van der Waals surface area contributed by atoms with Gasteiger partial charge >= 0.3 is 6.03 Å². The summed E-state index contributed by atoms with van der Waals surface area (Å²) in [5.41, 5.74) is 1.51. The van der Waals surface area contributed by atoms with E-state index >= 15 is 0 Å². The van der Waals surface area contributed by atoms with E-state index in [0.29, 0.717) is 10.7 Å². The molecule has 1 aromatic carbocycles. The molecule has 8 nitrogen and oxygen atoms in total. The van der Waals surface area contributed by atoms with Crippen LogP contribution >= 0.6 is 11.6 Å². The first kappa shape index (κ1) is 15.3. The third kappa shape index (κ3) is 2.98. The summed E-state index contributed by atoms with van der Waals surface area (Å²) in [7, 11) is 1.79. The fraction of sp³-hybridized carbons (Fsp3) is 0.286. The van der Waals surface area contributed by atoms with E-state index in [1.165, 1.54) is 0 Å². The van der Waals surface area contributed by atoms with Crippen LogP contribution in [-0.2, 0) is 23.2 Å². The zero-order valence-corrected chi connectivity index (χ0v) is 13.0. The molecule has 3 rings (SSSR count). The van der Waals surface area contributed by atoms with Crippen LogP contribution in [-0.4, -0.2) is 33.7 Å². The average Bonchev–Trinajstić information content (AvgIpc) is 2.98. The standard InChI is InChI=1S/C14H14ClN5O3/c1-20-10-4-2-3-7(15)12(10)9(19-20)6-16-11(21)5-8-13(22)18-14(23)17-8/h2-4,8H,5-6H2,1H3,(H,16,21)(H2,17,18,22,23)/t8-/m1/s1. The lowest BCUT2D eigenvalue weighted by Crippen LogP contribution is -2.36. The zero-order valence-electron chi connectivity index (χ0n) is 12.2. The molecule has 9 heteroatoms. The Labute approximate surface area is 136 Å². The Balaban J connectivity index is 1.68. The van der Waals surface area contributed by atoms with Gasteiger partial charge in [-0.15, -0.1) is 0 Å². The molecule has 3 N–H and O–H groups in total. The number of fused-ring (bicyclic) bond motifs is 1. The molecule has 0 saturated carbocycles. The molecule has 2 aromatic rings. The number of hydrogen-bond acceptors (Lipinski definition) is 4. The number of imide groups is 1. The summed E-state index contributed by atoms with van der Waals surface area (Å²) in [6.07, 6.45) is -0.129. The Morgan fingerprint density at radius 1 is 1.43 bits per heavy atom. The van der Waals surface area contributed by atoms with E-state index in [0.717, 1.165) is 10.9 Å². The molecule has 0 spiro atoms. The van der Waals surface area contributed by atoms with Gasteiger partial charge in [0.25, 0.3) is 5.91 Å². The summed E-state index contributed by atoms with van der Waals surface area (Å²) in [6.45, 7) is 0.183. The molecule has 23 heavy (non-hydrogen) atoms. The second-order valence-electron chi connectivity index (χ2n) is 5.20. The van der Waals surface area contributed by atoms with Gasteiger partial charge in [-0.3, -0.25) is 19.6 Å². The van der Waals surface area contributed by atoms with Crippen molar-refractivity contribution in [2.24, 2.45) is 7.05 Å².